The molecule has 1 saturated carbocycles. The van der Waals surface area contributed by atoms with E-state index in [-0.39, 0.29) is 18.0 Å². The standard InChI is InChI=1S/C13H26N2O2/c1-4-11(9-17-3)14-10(2)13(16)15-12-7-5-6-8-12/h10-12,14H,4-9H2,1-3H3,(H,15,16). The number of nitrogens with one attached hydrogen (secondary N) is 2. The van der Waals surface area contributed by atoms with Crippen LogP contribution in [-0.4, -0.2) is 37.7 Å². The van der Waals surface area contributed by atoms with Gasteiger partial charge in [0.15, 0.2) is 0 Å². The smallest absolute Gasteiger partial charge is 0.237 e. The summed E-state index contributed by atoms with van der Waals surface area (Å²) in [5, 5.41) is 6.41. The van der Waals surface area contributed by atoms with Crippen molar-refractivity contribution in [3.8, 4) is 0 Å². The lowest BCUT2D eigenvalue weighted by Gasteiger charge is -2.22. The van der Waals surface area contributed by atoms with Crippen LogP contribution >= 0.6 is 0 Å². The molecule has 0 saturated heterocycles. The Balaban J connectivity index is 2.29. The maximum absolute atomic E-state index is 11.9. The summed E-state index contributed by atoms with van der Waals surface area (Å²) in [7, 11) is 1.69. The Morgan fingerprint density at radius 1 is 1.41 bits per heavy atom. The van der Waals surface area contributed by atoms with Gasteiger partial charge in [-0.1, -0.05) is 19.8 Å². The Labute approximate surface area is 104 Å². The van der Waals surface area contributed by atoms with Crippen molar-refractivity contribution in [2.75, 3.05) is 13.7 Å². The molecule has 0 aromatic heterocycles. The SMILES string of the molecule is CCC(COC)NC(C)C(=O)NC1CCCC1. The second-order valence-electron chi connectivity index (χ2n) is 4.94. The molecule has 1 amide bonds. The predicted octanol–water partition coefficient (Wildman–Crippen LogP) is 1.45. The summed E-state index contributed by atoms with van der Waals surface area (Å²) in [5.41, 5.74) is 0. The minimum Gasteiger partial charge on any atom is -0.383 e. The van der Waals surface area contributed by atoms with Gasteiger partial charge >= 0.3 is 0 Å². The first-order valence-electron chi connectivity index (χ1n) is 6.72. The number of carbonyl (C=O) groups is 1. The number of amides is 1. The van der Waals surface area contributed by atoms with Crippen LogP contribution in [0.15, 0.2) is 0 Å². The minimum atomic E-state index is -0.143. The van der Waals surface area contributed by atoms with Crippen LogP contribution in [0.5, 0.6) is 0 Å². The molecule has 0 radical (unpaired) electrons. The lowest BCUT2D eigenvalue weighted by molar-refractivity contribution is -0.123. The largest absolute Gasteiger partial charge is 0.383 e. The van der Waals surface area contributed by atoms with Gasteiger partial charge < -0.3 is 15.4 Å². The average molecular weight is 242 g/mol. The summed E-state index contributed by atoms with van der Waals surface area (Å²) < 4.78 is 5.11. The summed E-state index contributed by atoms with van der Waals surface area (Å²) in [4.78, 5) is 11.9. The van der Waals surface area contributed by atoms with Crippen LogP contribution in [0.1, 0.15) is 46.0 Å². The second-order valence-corrected chi connectivity index (χ2v) is 4.94. The Morgan fingerprint density at radius 2 is 2.06 bits per heavy atom. The van der Waals surface area contributed by atoms with E-state index >= 15 is 0 Å². The van der Waals surface area contributed by atoms with Crippen molar-refractivity contribution >= 4 is 5.91 Å². The fraction of sp³-hybridized carbons (Fsp3) is 0.923. The quantitative estimate of drug-likeness (QED) is 0.710. The third-order valence-corrected chi connectivity index (χ3v) is 3.44. The average Bonchev–Trinajstić information content (AvgIpc) is 2.81. The molecule has 0 aliphatic heterocycles. The predicted molar refractivity (Wildman–Crippen MR) is 69.0 cm³/mol. The molecule has 2 atom stereocenters. The third-order valence-electron chi connectivity index (χ3n) is 3.44. The van der Waals surface area contributed by atoms with Crippen molar-refractivity contribution in [2.45, 2.75) is 64.1 Å². The van der Waals surface area contributed by atoms with Crippen LogP contribution < -0.4 is 10.6 Å². The van der Waals surface area contributed by atoms with Gasteiger partial charge in [-0.2, -0.15) is 0 Å². The number of hydrogen-bond donors (Lipinski definition) is 2. The van der Waals surface area contributed by atoms with Gasteiger partial charge in [0.25, 0.3) is 0 Å². The molecule has 1 fully saturated rings. The van der Waals surface area contributed by atoms with Gasteiger partial charge in [-0.3, -0.25) is 4.79 Å². The topological polar surface area (TPSA) is 50.4 Å². The van der Waals surface area contributed by atoms with Gasteiger partial charge in [0.05, 0.1) is 12.6 Å². The highest BCUT2D eigenvalue weighted by Crippen LogP contribution is 2.17. The first-order valence-corrected chi connectivity index (χ1v) is 6.72. The molecular weight excluding hydrogens is 216 g/mol. The van der Waals surface area contributed by atoms with Gasteiger partial charge in [-0.05, 0) is 26.2 Å². The lowest BCUT2D eigenvalue weighted by Crippen LogP contribution is -2.49. The first-order chi connectivity index (χ1) is 8.17. The monoisotopic (exact) mass is 242 g/mol. The molecule has 1 aliphatic rings. The molecule has 0 spiro atoms. The van der Waals surface area contributed by atoms with E-state index in [4.69, 9.17) is 4.74 Å². The van der Waals surface area contributed by atoms with Crippen LogP contribution in [0.4, 0.5) is 0 Å². The molecule has 1 aliphatic carbocycles. The summed E-state index contributed by atoms with van der Waals surface area (Å²) in [5.74, 6) is 0.117. The number of ether oxygens (including phenoxy) is 1. The maximum Gasteiger partial charge on any atom is 0.237 e. The highest BCUT2D eigenvalue weighted by molar-refractivity contribution is 5.81. The number of hydrogen-bond acceptors (Lipinski definition) is 3. The lowest BCUT2D eigenvalue weighted by atomic mass is 10.2. The van der Waals surface area contributed by atoms with Gasteiger partial charge in [0.2, 0.25) is 5.91 Å². The van der Waals surface area contributed by atoms with Crippen LogP contribution in [0.2, 0.25) is 0 Å². The zero-order chi connectivity index (χ0) is 12.7. The zero-order valence-corrected chi connectivity index (χ0v) is 11.3. The molecule has 17 heavy (non-hydrogen) atoms. The fourth-order valence-corrected chi connectivity index (χ4v) is 2.31. The molecule has 0 heterocycles. The van der Waals surface area contributed by atoms with Crippen molar-refractivity contribution < 1.29 is 9.53 Å². The normalized spacial score (nSPS) is 20.2. The molecule has 1 rings (SSSR count). The summed E-state index contributed by atoms with van der Waals surface area (Å²) in [6.07, 6.45) is 5.72. The molecular formula is C13H26N2O2. The molecule has 0 aromatic carbocycles. The van der Waals surface area contributed by atoms with Gasteiger partial charge in [-0.25, -0.2) is 0 Å². The Bertz CT molecular complexity index is 227. The van der Waals surface area contributed by atoms with Crippen LogP contribution in [0.3, 0.4) is 0 Å². The highest BCUT2D eigenvalue weighted by atomic mass is 16.5. The number of rotatable bonds is 7. The molecule has 4 heteroatoms. The van der Waals surface area contributed by atoms with E-state index in [0.717, 1.165) is 19.3 Å². The zero-order valence-electron chi connectivity index (χ0n) is 11.3. The van der Waals surface area contributed by atoms with Crippen molar-refractivity contribution in [3.63, 3.8) is 0 Å². The van der Waals surface area contributed by atoms with Crippen molar-refractivity contribution in [3.05, 3.63) is 0 Å². The number of methoxy groups -OCH3 is 1. The molecule has 0 aromatic rings. The van der Waals surface area contributed by atoms with E-state index < -0.39 is 0 Å². The van der Waals surface area contributed by atoms with Crippen molar-refractivity contribution in [1.29, 1.82) is 0 Å². The van der Waals surface area contributed by atoms with E-state index in [0.29, 0.717) is 12.6 Å². The van der Waals surface area contributed by atoms with E-state index in [1.165, 1.54) is 12.8 Å². The highest BCUT2D eigenvalue weighted by Gasteiger charge is 2.21. The van der Waals surface area contributed by atoms with Crippen LogP contribution in [0, 0.1) is 0 Å². The van der Waals surface area contributed by atoms with Crippen molar-refractivity contribution in [2.24, 2.45) is 0 Å². The van der Waals surface area contributed by atoms with Crippen LogP contribution in [-0.2, 0) is 9.53 Å². The molecule has 2 N–H and O–H groups in total. The van der Waals surface area contributed by atoms with Gasteiger partial charge in [0.1, 0.15) is 0 Å². The summed E-state index contributed by atoms with van der Waals surface area (Å²) in [6, 6.07) is 0.509. The third kappa shape index (κ3) is 5.04. The number of carbonyl (C=O) groups excluding carboxylic acids is 1. The van der Waals surface area contributed by atoms with E-state index in [9.17, 15) is 4.79 Å². The molecule has 2 unspecified atom stereocenters. The second kappa shape index (κ2) is 7.67. The van der Waals surface area contributed by atoms with Gasteiger partial charge in [-0.15, -0.1) is 0 Å². The molecule has 4 nitrogen and oxygen atoms in total. The summed E-state index contributed by atoms with van der Waals surface area (Å²) >= 11 is 0. The maximum atomic E-state index is 11.9. The van der Waals surface area contributed by atoms with E-state index in [2.05, 4.69) is 17.6 Å². The Kier molecular flexibility index (Phi) is 6.52. The fourth-order valence-electron chi connectivity index (χ4n) is 2.31. The Hall–Kier alpha value is -0.610. The summed E-state index contributed by atoms with van der Waals surface area (Å²) in [6.45, 7) is 4.67. The minimum absolute atomic E-state index is 0.117. The first kappa shape index (κ1) is 14.5. The van der Waals surface area contributed by atoms with E-state index in [1.54, 1.807) is 7.11 Å². The van der Waals surface area contributed by atoms with Crippen molar-refractivity contribution in [1.82, 2.24) is 10.6 Å². The van der Waals surface area contributed by atoms with Crippen LogP contribution in [0.25, 0.3) is 0 Å². The molecule has 100 valence electrons. The Morgan fingerprint density at radius 3 is 2.59 bits per heavy atom. The van der Waals surface area contributed by atoms with E-state index in [1.807, 2.05) is 6.92 Å². The van der Waals surface area contributed by atoms with Gasteiger partial charge in [0, 0.05) is 19.2 Å². The molecule has 0 bridgehead atoms.